The van der Waals surface area contributed by atoms with Crippen LogP contribution in [0.1, 0.15) is 129 Å². The van der Waals surface area contributed by atoms with Crippen LogP contribution in [-0.4, -0.2) is 38.4 Å². The Morgan fingerprint density at radius 2 is 0.914 bits per heavy atom. The smallest absolute Gasteiger partial charge is 0.180 e. The first-order valence-electron chi connectivity index (χ1n) is 14.4. The van der Waals surface area contributed by atoms with Gasteiger partial charge in [0.2, 0.25) is 0 Å². The number of unbranched alkanes of at least 4 members (excludes halogenated alkanes) is 14. The molecular formula is C30H54O5. The molecule has 0 fully saturated rings. The fourth-order valence-electron chi connectivity index (χ4n) is 3.62. The van der Waals surface area contributed by atoms with Crippen molar-refractivity contribution in [2.45, 2.75) is 142 Å². The van der Waals surface area contributed by atoms with Gasteiger partial charge in [-0.1, -0.05) is 77.4 Å². The van der Waals surface area contributed by atoms with E-state index in [1.165, 1.54) is 0 Å². The summed E-state index contributed by atoms with van der Waals surface area (Å²) in [6, 6.07) is 0. The van der Waals surface area contributed by atoms with Crippen molar-refractivity contribution in [1.82, 2.24) is 0 Å². The summed E-state index contributed by atoms with van der Waals surface area (Å²) in [5, 5.41) is 0. The molecule has 2 atom stereocenters. The van der Waals surface area contributed by atoms with Gasteiger partial charge < -0.3 is 23.8 Å². The van der Waals surface area contributed by atoms with Crippen molar-refractivity contribution >= 4 is 12.6 Å². The number of carbonyl (C=O) groups excluding carboxylic acids is 2. The quantitative estimate of drug-likeness (QED) is 0.0474. The minimum atomic E-state index is -0.411. The molecule has 5 heteroatoms. The number of carbonyl (C=O) groups is 2. The maximum absolute atomic E-state index is 10.4. The first kappa shape index (κ1) is 33.7. The highest BCUT2D eigenvalue weighted by atomic mass is 16.8. The Morgan fingerprint density at radius 1 is 0.514 bits per heavy atom. The van der Waals surface area contributed by atoms with Gasteiger partial charge in [0.1, 0.15) is 12.6 Å². The molecule has 0 aliphatic heterocycles. The highest BCUT2D eigenvalue weighted by molar-refractivity contribution is 5.49. The second kappa shape index (κ2) is 28.9. The zero-order valence-electron chi connectivity index (χ0n) is 22.8. The third-order valence-electron chi connectivity index (χ3n) is 5.80. The SMILES string of the molecule is CCCCCOC(C=CCCCCCCC=O)OC(C=CCCCCCCC=O)OCCCCC. The summed E-state index contributed by atoms with van der Waals surface area (Å²) in [4.78, 5) is 20.8. The van der Waals surface area contributed by atoms with Crippen molar-refractivity contribution in [2.75, 3.05) is 13.2 Å². The van der Waals surface area contributed by atoms with Crippen molar-refractivity contribution in [3.63, 3.8) is 0 Å². The van der Waals surface area contributed by atoms with E-state index in [9.17, 15) is 9.59 Å². The molecule has 2 unspecified atom stereocenters. The Kier molecular flexibility index (Phi) is 27.9. The van der Waals surface area contributed by atoms with E-state index in [1.54, 1.807) is 0 Å². The first-order valence-corrected chi connectivity index (χ1v) is 14.4. The van der Waals surface area contributed by atoms with Crippen LogP contribution in [0.2, 0.25) is 0 Å². The van der Waals surface area contributed by atoms with E-state index >= 15 is 0 Å². The molecule has 204 valence electrons. The molecule has 0 amide bonds. The van der Waals surface area contributed by atoms with Gasteiger partial charge in [0.05, 0.1) is 13.2 Å². The molecular weight excluding hydrogens is 440 g/mol. The Balaban J connectivity index is 4.70. The van der Waals surface area contributed by atoms with E-state index < -0.39 is 12.6 Å². The van der Waals surface area contributed by atoms with Crippen LogP contribution in [0.5, 0.6) is 0 Å². The predicted octanol–water partition coefficient (Wildman–Crippen LogP) is 8.26. The Hall–Kier alpha value is -1.30. The molecule has 0 aliphatic carbocycles. The predicted molar refractivity (Wildman–Crippen MR) is 145 cm³/mol. The average Bonchev–Trinajstić information content (AvgIpc) is 2.87. The number of ether oxygens (including phenoxy) is 3. The van der Waals surface area contributed by atoms with E-state index in [0.717, 1.165) is 115 Å². The molecule has 0 aromatic heterocycles. The Bertz CT molecular complexity index is 459. The van der Waals surface area contributed by atoms with E-state index in [-0.39, 0.29) is 0 Å². The van der Waals surface area contributed by atoms with Gasteiger partial charge in [0.25, 0.3) is 0 Å². The number of hydrogen-bond acceptors (Lipinski definition) is 5. The molecule has 0 aromatic carbocycles. The zero-order valence-corrected chi connectivity index (χ0v) is 22.8. The minimum absolute atomic E-state index is 0.411. The summed E-state index contributed by atoms with van der Waals surface area (Å²) in [5.74, 6) is 0. The van der Waals surface area contributed by atoms with Crippen molar-refractivity contribution in [3.8, 4) is 0 Å². The molecule has 5 nitrogen and oxygen atoms in total. The lowest BCUT2D eigenvalue weighted by Gasteiger charge is -2.21. The van der Waals surface area contributed by atoms with Gasteiger partial charge in [-0.2, -0.15) is 0 Å². The highest BCUT2D eigenvalue weighted by Crippen LogP contribution is 2.12. The minimum Gasteiger partial charge on any atom is -0.349 e. The summed E-state index contributed by atoms with van der Waals surface area (Å²) < 4.78 is 18.3. The van der Waals surface area contributed by atoms with Crippen LogP contribution in [0.4, 0.5) is 0 Å². The number of allylic oxidation sites excluding steroid dienone is 2. The van der Waals surface area contributed by atoms with Crippen LogP contribution in [0.15, 0.2) is 24.3 Å². The van der Waals surface area contributed by atoms with Crippen LogP contribution in [0, 0.1) is 0 Å². The van der Waals surface area contributed by atoms with Gasteiger partial charge in [-0.25, -0.2) is 0 Å². The van der Waals surface area contributed by atoms with E-state index in [2.05, 4.69) is 26.0 Å². The van der Waals surface area contributed by atoms with Gasteiger partial charge in [-0.3, -0.25) is 0 Å². The maximum Gasteiger partial charge on any atom is 0.180 e. The van der Waals surface area contributed by atoms with E-state index in [0.29, 0.717) is 26.1 Å². The Morgan fingerprint density at radius 3 is 1.29 bits per heavy atom. The zero-order chi connectivity index (χ0) is 25.7. The van der Waals surface area contributed by atoms with Crippen LogP contribution >= 0.6 is 0 Å². The monoisotopic (exact) mass is 494 g/mol. The highest BCUT2D eigenvalue weighted by Gasteiger charge is 2.13. The summed E-state index contributed by atoms with van der Waals surface area (Å²) in [5.41, 5.74) is 0. The van der Waals surface area contributed by atoms with Crippen molar-refractivity contribution < 1.29 is 23.8 Å². The molecule has 0 heterocycles. The molecule has 0 radical (unpaired) electrons. The third-order valence-corrected chi connectivity index (χ3v) is 5.80. The first-order chi connectivity index (χ1) is 17.3. The normalized spacial score (nSPS) is 13.5. The third kappa shape index (κ3) is 25.6. The Labute approximate surface area is 216 Å². The molecule has 0 spiro atoms. The van der Waals surface area contributed by atoms with Crippen molar-refractivity contribution in [2.24, 2.45) is 0 Å². The van der Waals surface area contributed by atoms with Gasteiger partial charge in [-0.15, -0.1) is 0 Å². The summed E-state index contributed by atoms with van der Waals surface area (Å²) in [7, 11) is 0. The summed E-state index contributed by atoms with van der Waals surface area (Å²) in [6.45, 7) is 5.75. The molecule has 0 N–H and O–H groups in total. The molecule has 0 rings (SSSR count). The summed E-state index contributed by atoms with van der Waals surface area (Å²) in [6.07, 6.45) is 28.3. The second-order valence-electron chi connectivity index (χ2n) is 9.20. The molecule has 0 bridgehead atoms. The van der Waals surface area contributed by atoms with Gasteiger partial charge in [0, 0.05) is 12.8 Å². The standard InChI is InChI=1S/C30H54O5/c1-3-5-21-27-33-29(23-17-13-9-7-11-15-19-25-31)35-30(34-28-22-6-4-2)24-18-14-10-8-12-16-20-26-32/h17-18,23-26,29-30H,3-16,19-22,27-28H2,1-2H3. The lowest BCUT2D eigenvalue weighted by Crippen LogP contribution is -2.25. The van der Waals surface area contributed by atoms with Crippen LogP contribution in [-0.2, 0) is 23.8 Å². The molecule has 35 heavy (non-hydrogen) atoms. The van der Waals surface area contributed by atoms with Crippen LogP contribution in [0.3, 0.4) is 0 Å². The van der Waals surface area contributed by atoms with Gasteiger partial charge in [-0.05, 0) is 63.5 Å². The molecule has 0 saturated heterocycles. The van der Waals surface area contributed by atoms with Crippen LogP contribution in [0.25, 0.3) is 0 Å². The molecule has 0 aromatic rings. The fourth-order valence-corrected chi connectivity index (χ4v) is 3.62. The van der Waals surface area contributed by atoms with Crippen molar-refractivity contribution in [3.05, 3.63) is 24.3 Å². The van der Waals surface area contributed by atoms with Gasteiger partial charge >= 0.3 is 0 Å². The van der Waals surface area contributed by atoms with E-state index in [4.69, 9.17) is 14.2 Å². The van der Waals surface area contributed by atoms with E-state index in [1.807, 2.05) is 12.2 Å². The van der Waals surface area contributed by atoms with Crippen molar-refractivity contribution in [1.29, 1.82) is 0 Å². The number of hydrogen-bond donors (Lipinski definition) is 0. The lowest BCUT2D eigenvalue weighted by atomic mass is 10.1. The van der Waals surface area contributed by atoms with Gasteiger partial charge in [0.15, 0.2) is 12.6 Å². The van der Waals surface area contributed by atoms with Crippen LogP contribution < -0.4 is 0 Å². The fraction of sp³-hybridized carbons (Fsp3) is 0.800. The topological polar surface area (TPSA) is 61.8 Å². The number of aldehydes is 2. The molecule has 0 saturated carbocycles. The largest absolute Gasteiger partial charge is 0.349 e. The average molecular weight is 495 g/mol. The maximum atomic E-state index is 10.4. The molecule has 0 aliphatic rings. The lowest BCUT2D eigenvalue weighted by molar-refractivity contribution is -0.208. The second-order valence-corrected chi connectivity index (χ2v) is 9.20. The summed E-state index contributed by atoms with van der Waals surface area (Å²) >= 11 is 0. The number of rotatable bonds is 28.